The topological polar surface area (TPSA) is 38.3 Å². The molecule has 2 rings (SSSR count). The summed E-state index contributed by atoms with van der Waals surface area (Å²) < 4.78 is 18.6. The van der Waals surface area contributed by atoms with E-state index in [1.165, 1.54) is 17.7 Å². The van der Waals surface area contributed by atoms with Crippen LogP contribution >= 0.6 is 0 Å². The number of halogens is 1. The van der Waals surface area contributed by atoms with Crippen molar-refractivity contribution < 1.29 is 13.9 Å². The van der Waals surface area contributed by atoms with Gasteiger partial charge in [0.05, 0.1) is 0 Å². The SMILES string of the molecule is CCc1ccc(OC(C)C(=O)Nc2cccc(F)c2)cc1. The molecule has 2 aromatic rings. The highest BCUT2D eigenvalue weighted by Gasteiger charge is 2.15. The zero-order valence-electron chi connectivity index (χ0n) is 12.1. The first-order valence-corrected chi connectivity index (χ1v) is 6.90. The van der Waals surface area contributed by atoms with Crippen molar-refractivity contribution in [2.45, 2.75) is 26.4 Å². The number of rotatable bonds is 5. The van der Waals surface area contributed by atoms with E-state index in [1.54, 1.807) is 19.1 Å². The number of hydrogen-bond donors (Lipinski definition) is 1. The van der Waals surface area contributed by atoms with E-state index < -0.39 is 11.9 Å². The third kappa shape index (κ3) is 4.31. The Bertz CT molecular complexity index is 610. The molecule has 1 N–H and O–H groups in total. The molecule has 0 fully saturated rings. The molecule has 4 heteroatoms. The molecule has 3 nitrogen and oxygen atoms in total. The average Bonchev–Trinajstić information content (AvgIpc) is 2.48. The molecule has 21 heavy (non-hydrogen) atoms. The number of nitrogens with one attached hydrogen (secondary N) is 1. The Morgan fingerprint density at radius 1 is 1.24 bits per heavy atom. The molecular formula is C17H18FNO2. The molecule has 0 aliphatic heterocycles. The van der Waals surface area contributed by atoms with E-state index in [0.717, 1.165) is 6.42 Å². The lowest BCUT2D eigenvalue weighted by Gasteiger charge is -2.15. The van der Waals surface area contributed by atoms with Crippen molar-refractivity contribution in [3.8, 4) is 5.75 Å². The Kier molecular flexibility index (Phi) is 4.93. The minimum atomic E-state index is -0.666. The molecule has 0 heterocycles. The molecule has 0 saturated heterocycles. The van der Waals surface area contributed by atoms with E-state index in [-0.39, 0.29) is 5.91 Å². The van der Waals surface area contributed by atoms with Crippen LogP contribution in [0.2, 0.25) is 0 Å². The molecule has 0 aromatic heterocycles. The van der Waals surface area contributed by atoms with Crippen LogP contribution in [0.3, 0.4) is 0 Å². The van der Waals surface area contributed by atoms with E-state index in [0.29, 0.717) is 11.4 Å². The summed E-state index contributed by atoms with van der Waals surface area (Å²) in [4.78, 5) is 12.0. The quantitative estimate of drug-likeness (QED) is 0.908. The van der Waals surface area contributed by atoms with Crippen molar-refractivity contribution in [2.75, 3.05) is 5.32 Å². The molecular weight excluding hydrogens is 269 g/mol. The Hall–Kier alpha value is -2.36. The molecule has 0 radical (unpaired) electrons. The normalized spacial score (nSPS) is 11.8. The summed E-state index contributed by atoms with van der Waals surface area (Å²) in [6, 6.07) is 13.4. The van der Waals surface area contributed by atoms with E-state index in [1.807, 2.05) is 24.3 Å². The van der Waals surface area contributed by atoms with E-state index >= 15 is 0 Å². The Balaban J connectivity index is 1.95. The second-order valence-corrected chi connectivity index (χ2v) is 4.76. The molecule has 110 valence electrons. The number of carbonyl (C=O) groups excluding carboxylic acids is 1. The van der Waals surface area contributed by atoms with Gasteiger partial charge in [0, 0.05) is 5.69 Å². The van der Waals surface area contributed by atoms with Crippen molar-refractivity contribution >= 4 is 11.6 Å². The minimum Gasteiger partial charge on any atom is -0.481 e. The lowest BCUT2D eigenvalue weighted by molar-refractivity contribution is -0.122. The van der Waals surface area contributed by atoms with Gasteiger partial charge < -0.3 is 10.1 Å². The molecule has 1 amide bonds. The van der Waals surface area contributed by atoms with Crippen LogP contribution in [-0.4, -0.2) is 12.0 Å². The molecule has 2 aromatic carbocycles. The smallest absolute Gasteiger partial charge is 0.265 e. The summed E-state index contributed by atoms with van der Waals surface area (Å²) in [5, 5.41) is 2.62. The van der Waals surface area contributed by atoms with E-state index in [2.05, 4.69) is 12.2 Å². The molecule has 0 spiro atoms. The molecule has 1 atom stereocenters. The van der Waals surface area contributed by atoms with Crippen LogP contribution in [0.1, 0.15) is 19.4 Å². The van der Waals surface area contributed by atoms with Crippen molar-refractivity contribution in [1.29, 1.82) is 0 Å². The fourth-order valence-corrected chi connectivity index (χ4v) is 1.87. The monoisotopic (exact) mass is 287 g/mol. The van der Waals surface area contributed by atoms with Crippen LogP contribution < -0.4 is 10.1 Å². The third-order valence-corrected chi connectivity index (χ3v) is 3.11. The summed E-state index contributed by atoms with van der Waals surface area (Å²) in [6.45, 7) is 3.73. The van der Waals surface area contributed by atoms with Gasteiger partial charge in [-0.25, -0.2) is 4.39 Å². The van der Waals surface area contributed by atoms with Gasteiger partial charge in [-0.2, -0.15) is 0 Å². The highest BCUT2D eigenvalue weighted by Crippen LogP contribution is 2.15. The largest absolute Gasteiger partial charge is 0.481 e. The van der Waals surface area contributed by atoms with Gasteiger partial charge >= 0.3 is 0 Å². The average molecular weight is 287 g/mol. The number of aryl methyl sites for hydroxylation is 1. The molecule has 0 aliphatic carbocycles. The van der Waals surface area contributed by atoms with Gasteiger partial charge in [-0.05, 0) is 49.2 Å². The number of ether oxygens (including phenoxy) is 1. The van der Waals surface area contributed by atoms with Crippen LogP contribution in [0.15, 0.2) is 48.5 Å². The predicted octanol–water partition coefficient (Wildman–Crippen LogP) is 3.79. The van der Waals surface area contributed by atoms with Gasteiger partial charge in [0.15, 0.2) is 6.10 Å². The van der Waals surface area contributed by atoms with Crippen LogP contribution in [-0.2, 0) is 11.2 Å². The van der Waals surface area contributed by atoms with Crippen LogP contribution in [0.4, 0.5) is 10.1 Å². The molecule has 0 aliphatic rings. The molecule has 0 saturated carbocycles. The zero-order valence-corrected chi connectivity index (χ0v) is 12.1. The zero-order chi connectivity index (χ0) is 15.2. The maximum atomic E-state index is 13.1. The maximum Gasteiger partial charge on any atom is 0.265 e. The van der Waals surface area contributed by atoms with Gasteiger partial charge in [0.25, 0.3) is 5.91 Å². The van der Waals surface area contributed by atoms with Crippen LogP contribution in [0, 0.1) is 5.82 Å². The Morgan fingerprint density at radius 2 is 1.95 bits per heavy atom. The minimum absolute atomic E-state index is 0.319. The highest BCUT2D eigenvalue weighted by molar-refractivity contribution is 5.94. The standard InChI is InChI=1S/C17H18FNO2/c1-3-13-7-9-16(10-8-13)21-12(2)17(20)19-15-6-4-5-14(18)11-15/h4-12H,3H2,1-2H3,(H,19,20). The Labute approximate surface area is 123 Å². The lowest BCUT2D eigenvalue weighted by Crippen LogP contribution is -2.30. The van der Waals surface area contributed by atoms with Gasteiger partial charge in [0.2, 0.25) is 0 Å². The van der Waals surface area contributed by atoms with Crippen LogP contribution in [0.25, 0.3) is 0 Å². The number of carbonyl (C=O) groups is 1. The summed E-state index contributed by atoms with van der Waals surface area (Å²) in [6.07, 6.45) is 0.288. The van der Waals surface area contributed by atoms with Gasteiger partial charge in [0.1, 0.15) is 11.6 Å². The second kappa shape index (κ2) is 6.88. The van der Waals surface area contributed by atoms with Gasteiger partial charge in [-0.1, -0.05) is 25.1 Å². The number of benzene rings is 2. The summed E-state index contributed by atoms with van der Waals surface area (Å²) in [7, 11) is 0. The molecule has 1 unspecified atom stereocenters. The lowest BCUT2D eigenvalue weighted by atomic mass is 10.2. The summed E-state index contributed by atoms with van der Waals surface area (Å²) in [5.41, 5.74) is 1.62. The second-order valence-electron chi connectivity index (χ2n) is 4.76. The highest BCUT2D eigenvalue weighted by atomic mass is 19.1. The van der Waals surface area contributed by atoms with Gasteiger partial charge in [-0.15, -0.1) is 0 Å². The first-order valence-electron chi connectivity index (χ1n) is 6.90. The maximum absolute atomic E-state index is 13.1. The molecule has 0 bridgehead atoms. The van der Waals surface area contributed by atoms with E-state index in [4.69, 9.17) is 4.74 Å². The first kappa shape index (κ1) is 15.0. The fraction of sp³-hybridized carbons (Fsp3) is 0.235. The van der Waals surface area contributed by atoms with Crippen molar-refractivity contribution in [3.05, 3.63) is 59.9 Å². The summed E-state index contributed by atoms with van der Waals surface area (Å²) in [5.74, 6) is -0.0780. The Morgan fingerprint density at radius 3 is 2.57 bits per heavy atom. The first-order chi connectivity index (χ1) is 10.1. The summed E-state index contributed by atoms with van der Waals surface area (Å²) >= 11 is 0. The fourth-order valence-electron chi connectivity index (χ4n) is 1.87. The van der Waals surface area contributed by atoms with Crippen molar-refractivity contribution in [1.82, 2.24) is 0 Å². The predicted molar refractivity (Wildman–Crippen MR) is 80.9 cm³/mol. The van der Waals surface area contributed by atoms with Crippen LogP contribution in [0.5, 0.6) is 5.75 Å². The van der Waals surface area contributed by atoms with E-state index in [9.17, 15) is 9.18 Å². The number of anilines is 1. The van der Waals surface area contributed by atoms with Gasteiger partial charge in [-0.3, -0.25) is 4.79 Å². The van der Waals surface area contributed by atoms with Crippen molar-refractivity contribution in [3.63, 3.8) is 0 Å². The third-order valence-electron chi connectivity index (χ3n) is 3.11. The number of amides is 1. The van der Waals surface area contributed by atoms with Crippen molar-refractivity contribution in [2.24, 2.45) is 0 Å². The number of hydrogen-bond acceptors (Lipinski definition) is 2.